The van der Waals surface area contributed by atoms with Gasteiger partial charge in [-0.3, -0.25) is 0 Å². The highest BCUT2D eigenvalue weighted by Gasteiger charge is 2.27. The first kappa shape index (κ1) is 12.6. The predicted molar refractivity (Wildman–Crippen MR) is 63.2 cm³/mol. The second-order valence-electron chi connectivity index (χ2n) is 4.45. The van der Waals surface area contributed by atoms with Gasteiger partial charge in [0.25, 0.3) is 0 Å². The Morgan fingerprint density at radius 2 is 2.18 bits per heavy atom. The standard InChI is InChI=1S/C11H17NO4S/c12-17(14,15)10-4-1-8(2-5-10)11-6-3-9(7-13)16-11/h4,6,8-9,13H,1-3,5,7H2,(H2,12,14,15). The van der Waals surface area contributed by atoms with Gasteiger partial charge < -0.3 is 9.84 Å². The molecule has 0 saturated carbocycles. The van der Waals surface area contributed by atoms with Gasteiger partial charge in [0.15, 0.2) is 0 Å². The Morgan fingerprint density at radius 1 is 1.41 bits per heavy atom. The zero-order valence-corrected chi connectivity index (χ0v) is 10.3. The number of ether oxygens (including phenoxy) is 1. The van der Waals surface area contributed by atoms with Gasteiger partial charge in [0.2, 0.25) is 10.0 Å². The summed E-state index contributed by atoms with van der Waals surface area (Å²) in [5.41, 5.74) is 0. The molecule has 3 N–H and O–H groups in total. The molecule has 2 unspecified atom stereocenters. The zero-order valence-electron chi connectivity index (χ0n) is 9.50. The van der Waals surface area contributed by atoms with Crippen molar-refractivity contribution in [2.24, 2.45) is 11.1 Å². The van der Waals surface area contributed by atoms with Crippen molar-refractivity contribution in [3.8, 4) is 0 Å². The van der Waals surface area contributed by atoms with E-state index in [4.69, 9.17) is 15.0 Å². The second-order valence-corrected chi connectivity index (χ2v) is 6.07. The van der Waals surface area contributed by atoms with Crippen LogP contribution in [-0.2, 0) is 14.8 Å². The van der Waals surface area contributed by atoms with Gasteiger partial charge >= 0.3 is 0 Å². The Balaban J connectivity index is 1.99. The van der Waals surface area contributed by atoms with Gasteiger partial charge in [-0.1, -0.05) is 6.08 Å². The lowest BCUT2D eigenvalue weighted by atomic mass is 9.92. The molecule has 2 rings (SSSR count). The van der Waals surface area contributed by atoms with Gasteiger partial charge in [0.05, 0.1) is 17.3 Å². The number of aliphatic hydroxyl groups is 1. The summed E-state index contributed by atoms with van der Waals surface area (Å²) in [4.78, 5) is 0.325. The Labute approximate surface area is 101 Å². The third-order valence-electron chi connectivity index (χ3n) is 3.23. The summed E-state index contributed by atoms with van der Waals surface area (Å²) in [5.74, 6) is 1.10. The van der Waals surface area contributed by atoms with Crippen LogP contribution in [0.3, 0.4) is 0 Å². The van der Waals surface area contributed by atoms with Crippen molar-refractivity contribution >= 4 is 10.0 Å². The molecule has 2 aliphatic rings. The number of hydrogen-bond donors (Lipinski definition) is 2. The molecule has 1 aliphatic carbocycles. The molecular weight excluding hydrogens is 242 g/mol. The van der Waals surface area contributed by atoms with Crippen LogP contribution in [0.15, 0.2) is 22.8 Å². The highest BCUT2D eigenvalue weighted by Crippen LogP contribution is 2.34. The third kappa shape index (κ3) is 2.88. The molecule has 0 aromatic rings. The maximum Gasteiger partial charge on any atom is 0.233 e. The smallest absolute Gasteiger partial charge is 0.233 e. The van der Waals surface area contributed by atoms with Crippen LogP contribution in [0, 0.1) is 5.92 Å². The van der Waals surface area contributed by atoms with Crippen LogP contribution in [0.4, 0.5) is 0 Å². The molecule has 17 heavy (non-hydrogen) atoms. The molecule has 1 aliphatic heterocycles. The molecule has 0 aromatic carbocycles. The van der Waals surface area contributed by atoms with Crippen LogP contribution in [0.25, 0.3) is 0 Å². The summed E-state index contributed by atoms with van der Waals surface area (Å²) in [6, 6.07) is 0. The Morgan fingerprint density at radius 3 is 2.65 bits per heavy atom. The zero-order chi connectivity index (χ0) is 12.5. The summed E-state index contributed by atoms with van der Waals surface area (Å²) in [6.07, 6.45) is 6.10. The minimum absolute atomic E-state index is 0.0188. The van der Waals surface area contributed by atoms with Crippen molar-refractivity contribution in [1.82, 2.24) is 0 Å². The van der Waals surface area contributed by atoms with Crippen molar-refractivity contribution < 1.29 is 18.3 Å². The Kier molecular flexibility index (Phi) is 3.56. The summed E-state index contributed by atoms with van der Waals surface area (Å²) in [6.45, 7) is 0.0188. The number of rotatable bonds is 3. The van der Waals surface area contributed by atoms with Gasteiger partial charge in [-0.25, -0.2) is 13.6 Å². The van der Waals surface area contributed by atoms with Crippen molar-refractivity contribution in [1.29, 1.82) is 0 Å². The summed E-state index contributed by atoms with van der Waals surface area (Å²) >= 11 is 0. The summed E-state index contributed by atoms with van der Waals surface area (Å²) in [7, 11) is -3.53. The molecule has 0 amide bonds. The first-order valence-electron chi connectivity index (χ1n) is 5.70. The summed E-state index contributed by atoms with van der Waals surface area (Å²) in [5, 5.41) is 14.0. The fraction of sp³-hybridized carbons (Fsp3) is 0.636. The van der Waals surface area contributed by atoms with Gasteiger partial charge in [0.1, 0.15) is 6.10 Å². The molecule has 0 saturated heterocycles. The Hall–Kier alpha value is -0.850. The van der Waals surface area contributed by atoms with Gasteiger partial charge in [-0.2, -0.15) is 0 Å². The minimum Gasteiger partial charge on any atom is -0.492 e. The van der Waals surface area contributed by atoms with Crippen LogP contribution in [0.5, 0.6) is 0 Å². The monoisotopic (exact) mass is 259 g/mol. The fourth-order valence-electron chi connectivity index (χ4n) is 2.24. The molecule has 0 spiro atoms. The van der Waals surface area contributed by atoms with Crippen LogP contribution in [0.2, 0.25) is 0 Å². The summed E-state index contributed by atoms with van der Waals surface area (Å²) < 4.78 is 27.9. The van der Waals surface area contributed by atoms with Crippen LogP contribution >= 0.6 is 0 Å². The molecule has 1 heterocycles. The second kappa shape index (κ2) is 4.80. The lowest BCUT2D eigenvalue weighted by Crippen LogP contribution is -2.20. The largest absolute Gasteiger partial charge is 0.492 e. The predicted octanol–water partition coefficient (Wildman–Crippen LogP) is 0.624. The van der Waals surface area contributed by atoms with E-state index >= 15 is 0 Å². The average molecular weight is 259 g/mol. The van der Waals surface area contributed by atoms with Gasteiger partial charge in [-0.05, 0) is 25.3 Å². The molecule has 6 heteroatoms. The van der Waals surface area contributed by atoms with Crippen molar-refractivity contribution in [3.05, 3.63) is 22.8 Å². The highest BCUT2D eigenvalue weighted by atomic mass is 32.2. The van der Waals surface area contributed by atoms with Crippen molar-refractivity contribution in [2.45, 2.75) is 31.8 Å². The number of allylic oxidation sites excluding steroid dienone is 3. The number of primary sulfonamides is 1. The average Bonchev–Trinajstić information content (AvgIpc) is 2.76. The lowest BCUT2D eigenvalue weighted by molar-refractivity contribution is 0.0645. The number of aliphatic hydroxyl groups excluding tert-OH is 1. The van der Waals surface area contributed by atoms with Gasteiger partial charge in [0, 0.05) is 12.3 Å². The quantitative estimate of drug-likeness (QED) is 0.777. The molecule has 2 atom stereocenters. The van der Waals surface area contributed by atoms with E-state index in [1.165, 1.54) is 0 Å². The minimum atomic E-state index is -3.53. The molecule has 96 valence electrons. The molecule has 0 fully saturated rings. The first-order chi connectivity index (χ1) is 8.00. The lowest BCUT2D eigenvalue weighted by Gasteiger charge is -2.23. The fourth-order valence-corrected chi connectivity index (χ4v) is 2.97. The molecule has 5 nitrogen and oxygen atoms in total. The maximum atomic E-state index is 11.1. The van der Waals surface area contributed by atoms with E-state index in [0.717, 1.165) is 18.6 Å². The number of nitrogens with two attached hydrogens (primary N) is 1. The topological polar surface area (TPSA) is 89.6 Å². The normalized spacial score (nSPS) is 29.5. The van der Waals surface area contributed by atoms with Crippen molar-refractivity contribution in [3.63, 3.8) is 0 Å². The molecular formula is C11H17NO4S. The molecule has 0 bridgehead atoms. The van der Waals surface area contributed by atoms with Crippen LogP contribution in [-0.4, -0.2) is 26.2 Å². The SMILES string of the molecule is NS(=O)(=O)C1=CCC(C2=CCC(CO)O2)CC1. The van der Waals surface area contributed by atoms with Crippen LogP contribution < -0.4 is 5.14 Å². The van der Waals surface area contributed by atoms with E-state index in [-0.39, 0.29) is 18.6 Å². The highest BCUT2D eigenvalue weighted by molar-refractivity contribution is 7.93. The van der Waals surface area contributed by atoms with E-state index in [1.807, 2.05) is 6.08 Å². The van der Waals surface area contributed by atoms with E-state index < -0.39 is 10.0 Å². The third-order valence-corrected chi connectivity index (χ3v) is 4.33. The molecule has 0 radical (unpaired) electrons. The van der Waals surface area contributed by atoms with E-state index in [2.05, 4.69) is 0 Å². The Bertz CT molecular complexity index is 452. The van der Waals surface area contributed by atoms with Crippen LogP contribution in [0.1, 0.15) is 25.7 Å². The van der Waals surface area contributed by atoms with E-state index in [1.54, 1.807) is 6.08 Å². The maximum absolute atomic E-state index is 11.1. The van der Waals surface area contributed by atoms with E-state index in [0.29, 0.717) is 17.7 Å². The van der Waals surface area contributed by atoms with Crippen molar-refractivity contribution in [2.75, 3.05) is 6.61 Å². The number of sulfonamides is 1. The van der Waals surface area contributed by atoms with E-state index in [9.17, 15) is 8.42 Å². The van der Waals surface area contributed by atoms with Gasteiger partial charge in [-0.15, -0.1) is 0 Å². The molecule has 0 aromatic heterocycles. The number of hydrogen-bond acceptors (Lipinski definition) is 4. The first-order valence-corrected chi connectivity index (χ1v) is 7.24.